The molecule has 9 heteroatoms. The van der Waals surface area contributed by atoms with Gasteiger partial charge in [-0.05, 0) is 54.1 Å². The molecule has 4 aromatic rings. The van der Waals surface area contributed by atoms with E-state index >= 15 is 0 Å². The first-order chi connectivity index (χ1) is 19.9. The number of ether oxygens (including phenoxy) is 5. The zero-order chi connectivity index (χ0) is 28.9. The molecule has 1 aliphatic rings. The van der Waals surface area contributed by atoms with Gasteiger partial charge < -0.3 is 29.4 Å². The van der Waals surface area contributed by atoms with Gasteiger partial charge in [0.15, 0.2) is 11.5 Å². The molecular formula is C32H25FN2O6. The Bertz CT molecular complexity index is 1680. The van der Waals surface area contributed by atoms with E-state index in [4.69, 9.17) is 29.4 Å². The van der Waals surface area contributed by atoms with Crippen LogP contribution in [0.1, 0.15) is 33.0 Å². The van der Waals surface area contributed by atoms with Gasteiger partial charge in [0.1, 0.15) is 41.3 Å². The van der Waals surface area contributed by atoms with Crippen LogP contribution in [0.3, 0.4) is 0 Å². The summed E-state index contributed by atoms with van der Waals surface area (Å²) in [6.45, 7) is 0.0107. The normalized spacial score (nSPS) is 13.9. The van der Waals surface area contributed by atoms with Crippen LogP contribution in [0.25, 0.3) is 0 Å². The van der Waals surface area contributed by atoms with Gasteiger partial charge in [-0.1, -0.05) is 30.3 Å². The predicted molar refractivity (Wildman–Crippen MR) is 147 cm³/mol. The highest BCUT2D eigenvalue weighted by Gasteiger charge is 2.32. The Balaban J connectivity index is 1.42. The van der Waals surface area contributed by atoms with E-state index in [-0.39, 0.29) is 29.6 Å². The second kappa shape index (κ2) is 11.7. The van der Waals surface area contributed by atoms with Gasteiger partial charge in [0.25, 0.3) is 0 Å². The number of fused-ring (bicyclic) bond motifs is 1. The number of nitrogens with two attached hydrogens (primary N) is 1. The maximum Gasteiger partial charge on any atom is 0.343 e. The summed E-state index contributed by atoms with van der Waals surface area (Å²) in [6.07, 6.45) is 0. The lowest BCUT2D eigenvalue weighted by molar-refractivity contribution is 0.0734. The molecule has 0 spiro atoms. The zero-order valence-corrected chi connectivity index (χ0v) is 22.2. The van der Waals surface area contributed by atoms with Gasteiger partial charge in [-0.25, -0.2) is 9.18 Å². The van der Waals surface area contributed by atoms with E-state index in [2.05, 4.69) is 6.07 Å². The second-order valence-corrected chi connectivity index (χ2v) is 9.03. The van der Waals surface area contributed by atoms with E-state index < -0.39 is 11.9 Å². The van der Waals surface area contributed by atoms with Crippen molar-refractivity contribution in [2.75, 3.05) is 14.2 Å². The summed E-state index contributed by atoms with van der Waals surface area (Å²) in [4.78, 5) is 12.7. The Labute approximate surface area is 235 Å². The van der Waals surface area contributed by atoms with Crippen LogP contribution < -0.4 is 29.4 Å². The summed E-state index contributed by atoms with van der Waals surface area (Å²) in [6, 6.07) is 25.1. The average Bonchev–Trinajstić information content (AvgIpc) is 3.00. The maximum atomic E-state index is 14.1. The van der Waals surface area contributed by atoms with Crippen molar-refractivity contribution in [2.45, 2.75) is 12.5 Å². The lowest BCUT2D eigenvalue weighted by Gasteiger charge is -2.27. The molecule has 0 aromatic heterocycles. The van der Waals surface area contributed by atoms with Crippen LogP contribution in [-0.4, -0.2) is 20.2 Å². The van der Waals surface area contributed by atoms with Gasteiger partial charge in [0.2, 0.25) is 5.88 Å². The van der Waals surface area contributed by atoms with Crippen molar-refractivity contribution in [2.24, 2.45) is 5.73 Å². The number of halogens is 1. The molecule has 2 N–H and O–H groups in total. The Morgan fingerprint density at radius 2 is 1.71 bits per heavy atom. The van der Waals surface area contributed by atoms with Crippen molar-refractivity contribution in [3.8, 4) is 34.8 Å². The summed E-state index contributed by atoms with van der Waals surface area (Å²) in [7, 11) is 3.03. The largest absolute Gasteiger partial charge is 0.497 e. The molecule has 0 aliphatic carbocycles. The molecule has 41 heavy (non-hydrogen) atoms. The van der Waals surface area contributed by atoms with E-state index in [1.165, 1.54) is 20.3 Å². The first-order valence-electron chi connectivity index (χ1n) is 12.5. The topological polar surface area (TPSA) is 113 Å². The lowest BCUT2D eigenvalue weighted by atomic mass is 9.83. The maximum absolute atomic E-state index is 14.1. The molecule has 0 fully saturated rings. The van der Waals surface area contributed by atoms with Crippen LogP contribution in [0.15, 0.2) is 96.4 Å². The molecule has 1 atom stereocenters. The average molecular weight is 553 g/mol. The Hall–Kier alpha value is -5.49. The first kappa shape index (κ1) is 27.1. The van der Waals surface area contributed by atoms with E-state index in [1.807, 2.05) is 0 Å². The second-order valence-electron chi connectivity index (χ2n) is 9.03. The molecule has 206 valence electrons. The third-order valence-electron chi connectivity index (χ3n) is 6.59. The minimum Gasteiger partial charge on any atom is -0.497 e. The molecular weight excluding hydrogens is 527 g/mol. The van der Waals surface area contributed by atoms with Crippen molar-refractivity contribution >= 4 is 5.97 Å². The van der Waals surface area contributed by atoms with Gasteiger partial charge in [0.05, 0.1) is 25.7 Å². The minimum absolute atomic E-state index is 0.0107. The molecule has 1 unspecified atom stereocenters. The lowest BCUT2D eigenvalue weighted by Crippen LogP contribution is -2.21. The number of carbonyl (C=O) groups excluding carboxylic acids is 1. The van der Waals surface area contributed by atoms with Gasteiger partial charge in [-0.2, -0.15) is 5.26 Å². The SMILES string of the molecule is COc1ccc(C(=O)Oc2ccc3c(c2)OC(N)=C(C#N)C3c2ccc(OCc3ccccc3F)c(OC)c2)cc1. The quantitative estimate of drug-likeness (QED) is 0.214. The van der Waals surface area contributed by atoms with Crippen LogP contribution in [-0.2, 0) is 6.61 Å². The van der Waals surface area contributed by atoms with E-state index in [0.717, 1.165) is 0 Å². The number of rotatable bonds is 8. The fourth-order valence-corrected chi connectivity index (χ4v) is 4.49. The highest BCUT2D eigenvalue weighted by Crippen LogP contribution is 2.45. The Morgan fingerprint density at radius 1 is 0.951 bits per heavy atom. The third-order valence-corrected chi connectivity index (χ3v) is 6.59. The van der Waals surface area contributed by atoms with Crippen LogP contribution >= 0.6 is 0 Å². The van der Waals surface area contributed by atoms with Gasteiger partial charge in [0, 0.05) is 17.2 Å². The number of allylic oxidation sites excluding steroid dienone is 1. The van der Waals surface area contributed by atoms with E-state index in [9.17, 15) is 14.4 Å². The molecule has 5 rings (SSSR count). The first-order valence-corrected chi connectivity index (χ1v) is 12.5. The summed E-state index contributed by atoms with van der Waals surface area (Å²) < 4.78 is 41.9. The number of esters is 1. The number of nitrogens with zero attached hydrogens (tertiary/aromatic N) is 1. The van der Waals surface area contributed by atoms with E-state index in [1.54, 1.807) is 78.9 Å². The third kappa shape index (κ3) is 5.63. The number of hydrogen-bond acceptors (Lipinski definition) is 8. The Kier molecular flexibility index (Phi) is 7.74. The smallest absolute Gasteiger partial charge is 0.343 e. The molecule has 0 saturated heterocycles. The van der Waals surface area contributed by atoms with Crippen LogP contribution in [0.2, 0.25) is 0 Å². The van der Waals surface area contributed by atoms with Crippen LogP contribution in [0, 0.1) is 17.1 Å². The summed E-state index contributed by atoms with van der Waals surface area (Å²) >= 11 is 0. The highest BCUT2D eigenvalue weighted by molar-refractivity contribution is 5.91. The van der Waals surface area contributed by atoms with Crippen molar-refractivity contribution in [1.29, 1.82) is 5.26 Å². The van der Waals surface area contributed by atoms with Crippen molar-refractivity contribution in [3.05, 3.63) is 124 Å². The van der Waals surface area contributed by atoms with Gasteiger partial charge >= 0.3 is 5.97 Å². The zero-order valence-electron chi connectivity index (χ0n) is 22.2. The van der Waals surface area contributed by atoms with Crippen LogP contribution in [0.5, 0.6) is 28.7 Å². The van der Waals surface area contributed by atoms with Gasteiger partial charge in [-0.15, -0.1) is 0 Å². The molecule has 1 aliphatic heterocycles. The van der Waals surface area contributed by atoms with Crippen molar-refractivity contribution in [1.82, 2.24) is 0 Å². The highest BCUT2D eigenvalue weighted by atomic mass is 19.1. The number of hydrogen-bond donors (Lipinski definition) is 1. The number of carbonyl (C=O) groups is 1. The standard InChI is InChI=1S/C32H25FN2O6/c1-37-22-10-7-19(8-11-22)32(36)40-23-12-13-24-28(16-23)41-31(35)25(17-34)30(24)20-9-14-27(29(15-20)38-2)39-18-21-5-3-4-6-26(21)33/h3-16,30H,18,35H2,1-2H3. The summed E-state index contributed by atoms with van der Waals surface area (Å²) in [5.41, 5.74) is 8.44. The molecule has 1 heterocycles. The molecule has 0 radical (unpaired) electrons. The van der Waals surface area contributed by atoms with Crippen LogP contribution in [0.4, 0.5) is 4.39 Å². The molecule has 0 saturated carbocycles. The fraction of sp³-hybridized carbons (Fsp3) is 0.125. The Morgan fingerprint density at radius 3 is 2.41 bits per heavy atom. The summed E-state index contributed by atoms with van der Waals surface area (Å²) in [5.74, 6) is 0.415. The fourth-order valence-electron chi connectivity index (χ4n) is 4.49. The summed E-state index contributed by atoms with van der Waals surface area (Å²) in [5, 5.41) is 9.94. The van der Waals surface area contributed by atoms with Crippen molar-refractivity contribution in [3.63, 3.8) is 0 Å². The molecule has 0 bridgehead atoms. The minimum atomic E-state index is -0.593. The predicted octanol–water partition coefficient (Wildman–Crippen LogP) is 5.86. The van der Waals surface area contributed by atoms with E-state index in [0.29, 0.717) is 45.3 Å². The molecule has 0 amide bonds. The number of nitriles is 1. The van der Waals surface area contributed by atoms with Gasteiger partial charge in [-0.3, -0.25) is 0 Å². The number of methoxy groups -OCH3 is 2. The molecule has 4 aromatic carbocycles. The number of benzene rings is 4. The van der Waals surface area contributed by atoms with Crippen molar-refractivity contribution < 1.29 is 32.9 Å². The monoisotopic (exact) mass is 552 g/mol. The molecule has 8 nitrogen and oxygen atoms in total.